The summed E-state index contributed by atoms with van der Waals surface area (Å²) in [6.07, 6.45) is 5.53. The van der Waals surface area contributed by atoms with Gasteiger partial charge in [0.05, 0.1) is 23.4 Å². The molecule has 0 bridgehead atoms. The highest BCUT2D eigenvalue weighted by atomic mass is 16.4. The molecule has 4 N–H and O–H groups in total. The van der Waals surface area contributed by atoms with E-state index in [0.717, 1.165) is 22.8 Å². The average Bonchev–Trinajstić information content (AvgIpc) is 3.10. The first-order chi connectivity index (χ1) is 24.6. The van der Waals surface area contributed by atoms with E-state index in [4.69, 9.17) is 4.42 Å². The minimum Gasteiger partial charge on any atom is -0.450 e. The van der Waals surface area contributed by atoms with E-state index in [9.17, 15) is 24.4 Å². The van der Waals surface area contributed by atoms with Crippen LogP contribution in [0.4, 0.5) is 0 Å². The smallest absolute Gasteiger partial charge is 0.450 e. The molecule has 2 heterocycles. The number of fused-ring (bicyclic) bond motifs is 1. The van der Waals surface area contributed by atoms with Gasteiger partial charge in [-0.25, -0.2) is 10.9 Å². The quantitative estimate of drug-likeness (QED) is 0.0849. The second kappa shape index (κ2) is 15.4. The van der Waals surface area contributed by atoms with E-state index in [-0.39, 0.29) is 33.0 Å². The number of rotatable bonds is 7. The Labute approximate surface area is 301 Å². The van der Waals surface area contributed by atoms with E-state index in [1.807, 2.05) is 63.2 Å². The first kappa shape index (κ1) is 37.1. The summed E-state index contributed by atoms with van der Waals surface area (Å²) in [6, 6.07) is 20.5. The summed E-state index contributed by atoms with van der Waals surface area (Å²) in [5.74, 6) is 4.51. The molecule has 0 fully saturated rings. The van der Waals surface area contributed by atoms with Crippen molar-refractivity contribution in [1.29, 1.82) is 0 Å². The van der Waals surface area contributed by atoms with Crippen LogP contribution in [0.25, 0.3) is 11.0 Å². The Morgan fingerprint density at radius 2 is 1.42 bits per heavy atom. The van der Waals surface area contributed by atoms with Gasteiger partial charge in [0.25, 0.3) is 5.91 Å². The highest BCUT2D eigenvalue weighted by Gasteiger charge is 2.26. The second-order valence-electron chi connectivity index (χ2n) is 14.2. The molecule has 0 radical (unpaired) electrons. The van der Waals surface area contributed by atoms with Crippen molar-refractivity contribution in [2.24, 2.45) is 10.2 Å². The molecule has 0 aliphatic heterocycles. The van der Waals surface area contributed by atoms with Crippen molar-refractivity contribution in [1.82, 2.24) is 15.8 Å². The summed E-state index contributed by atoms with van der Waals surface area (Å²) >= 11 is 0. The molecule has 2 aromatic heterocycles. The van der Waals surface area contributed by atoms with Crippen LogP contribution in [0.5, 0.6) is 0 Å². The lowest BCUT2D eigenvalue weighted by Crippen LogP contribution is -2.30. The molecule has 2 amide bonds. The van der Waals surface area contributed by atoms with Crippen molar-refractivity contribution in [2.45, 2.75) is 52.4 Å². The second-order valence-corrected chi connectivity index (χ2v) is 14.2. The van der Waals surface area contributed by atoms with Crippen LogP contribution in [0.1, 0.15) is 95.8 Å². The predicted molar refractivity (Wildman–Crippen MR) is 203 cm³/mol. The zero-order chi connectivity index (χ0) is 37.6. The van der Waals surface area contributed by atoms with Gasteiger partial charge in [-0.05, 0) is 63.3 Å². The van der Waals surface area contributed by atoms with Crippen LogP contribution in [-0.2, 0) is 10.8 Å². The van der Waals surface area contributed by atoms with E-state index in [1.165, 1.54) is 30.8 Å². The molecular weight excluding hydrogens is 657 g/mol. The number of aromatic nitrogens is 1. The number of benzene rings is 3. The van der Waals surface area contributed by atoms with E-state index >= 15 is 0 Å². The molecule has 0 unspecified atom stereocenters. The van der Waals surface area contributed by atoms with Crippen LogP contribution in [0.2, 0.25) is 0 Å². The van der Waals surface area contributed by atoms with Gasteiger partial charge in [-0.15, -0.1) is 0 Å². The molecule has 0 aliphatic carbocycles. The van der Waals surface area contributed by atoms with Crippen LogP contribution >= 0.6 is 0 Å². The number of pyridine rings is 1. The Morgan fingerprint density at radius 3 is 2.04 bits per heavy atom. The SMILES string of the molecule is CC(C)(C)c1cc(C(C)(C)C)c2oc(C(=O)N/N=C/c3cc(/C=N/NC(=O)c4cncc(C#Cc5ccccc5)c4)cc(B(O)O)c3)cc(=O)c2c1. The van der Waals surface area contributed by atoms with Gasteiger partial charge in [0.15, 0.2) is 11.2 Å². The lowest BCUT2D eigenvalue weighted by atomic mass is 9.79. The number of amides is 2. The van der Waals surface area contributed by atoms with Gasteiger partial charge in [-0.3, -0.25) is 19.4 Å². The van der Waals surface area contributed by atoms with E-state index in [1.54, 1.807) is 18.3 Å². The van der Waals surface area contributed by atoms with Crippen LogP contribution in [0.3, 0.4) is 0 Å². The van der Waals surface area contributed by atoms with Gasteiger partial charge >= 0.3 is 13.0 Å². The lowest BCUT2D eigenvalue weighted by Gasteiger charge is -2.26. The number of nitrogens with zero attached hydrogens (tertiary/aromatic N) is 3. The van der Waals surface area contributed by atoms with Gasteiger partial charge in [0, 0.05) is 35.2 Å². The monoisotopic (exact) mass is 695 g/mol. The summed E-state index contributed by atoms with van der Waals surface area (Å²) in [5, 5.41) is 28.1. The molecule has 3 aromatic carbocycles. The molecule has 0 aliphatic rings. The molecule has 5 rings (SSSR count). The highest BCUT2D eigenvalue weighted by molar-refractivity contribution is 6.58. The number of hydrogen-bond donors (Lipinski definition) is 4. The number of hydrazone groups is 2. The third-order valence-corrected chi connectivity index (χ3v) is 7.91. The fraction of sp³-hybridized carbons (Fsp3) is 0.200. The maximum Gasteiger partial charge on any atom is 0.488 e. The maximum atomic E-state index is 13.2. The van der Waals surface area contributed by atoms with Crippen molar-refractivity contribution in [2.75, 3.05) is 0 Å². The van der Waals surface area contributed by atoms with Crippen LogP contribution < -0.4 is 21.7 Å². The fourth-order valence-corrected chi connectivity index (χ4v) is 5.11. The van der Waals surface area contributed by atoms with Crippen LogP contribution in [0, 0.1) is 11.8 Å². The maximum absolute atomic E-state index is 13.2. The van der Waals surface area contributed by atoms with E-state index < -0.39 is 18.9 Å². The molecule has 5 aromatic rings. The summed E-state index contributed by atoms with van der Waals surface area (Å²) in [7, 11) is -1.82. The molecule has 0 saturated carbocycles. The van der Waals surface area contributed by atoms with Gasteiger partial charge < -0.3 is 14.5 Å². The van der Waals surface area contributed by atoms with Crippen molar-refractivity contribution in [3.8, 4) is 11.8 Å². The molecule has 0 saturated heterocycles. The first-order valence-corrected chi connectivity index (χ1v) is 16.4. The number of nitrogens with one attached hydrogen (secondary N) is 2. The Morgan fingerprint density at radius 1 is 0.788 bits per heavy atom. The molecule has 262 valence electrons. The van der Waals surface area contributed by atoms with Crippen molar-refractivity contribution >= 4 is 47.8 Å². The van der Waals surface area contributed by atoms with E-state index in [0.29, 0.717) is 27.7 Å². The largest absolute Gasteiger partial charge is 0.488 e. The standard InChI is InChI=1S/C40H38BN5O6/c1-39(2,3)30-18-32-34(47)20-35(52-36(32)33(19-30)40(4,5)6)38(49)46-44-23-28-14-27(16-31(17-28)41(50)51)22-43-45-37(48)29-15-26(21-42-24-29)13-12-25-10-8-7-9-11-25/h7-11,14-24,50-51H,1-6H3,(H,45,48)(H,46,49)/b43-22+,44-23+. The zero-order valence-electron chi connectivity index (χ0n) is 29.7. The van der Waals surface area contributed by atoms with Crippen molar-refractivity contribution < 1.29 is 24.1 Å². The summed E-state index contributed by atoms with van der Waals surface area (Å²) in [4.78, 5) is 43.2. The molecule has 0 spiro atoms. The Bertz CT molecular complexity index is 2330. The normalized spacial score (nSPS) is 11.8. The molecule has 11 nitrogen and oxygen atoms in total. The summed E-state index contributed by atoms with van der Waals surface area (Å²) < 4.78 is 6.02. The predicted octanol–water partition coefficient (Wildman–Crippen LogP) is 4.39. The Hall–Kier alpha value is -6.16. The highest BCUT2D eigenvalue weighted by Crippen LogP contribution is 2.34. The van der Waals surface area contributed by atoms with Gasteiger partial charge in [0.2, 0.25) is 0 Å². The number of carbonyl (C=O) groups is 2. The van der Waals surface area contributed by atoms with Gasteiger partial charge in [0.1, 0.15) is 5.58 Å². The fourth-order valence-electron chi connectivity index (χ4n) is 5.11. The third kappa shape index (κ3) is 9.34. The van der Waals surface area contributed by atoms with Gasteiger partial charge in [-0.2, -0.15) is 10.2 Å². The van der Waals surface area contributed by atoms with Crippen LogP contribution in [-0.4, -0.2) is 46.4 Å². The third-order valence-electron chi connectivity index (χ3n) is 7.91. The summed E-state index contributed by atoms with van der Waals surface area (Å²) in [6.45, 7) is 12.2. The average molecular weight is 696 g/mol. The topological polar surface area (TPSA) is 166 Å². The van der Waals surface area contributed by atoms with Crippen LogP contribution in [0.15, 0.2) is 105 Å². The molecule has 52 heavy (non-hydrogen) atoms. The molecule has 0 atom stereocenters. The van der Waals surface area contributed by atoms with Crippen molar-refractivity contribution in [3.63, 3.8) is 0 Å². The molecular formula is C40H38BN5O6. The first-order valence-electron chi connectivity index (χ1n) is 16.4. The van der Waals surface area contributed by atoms with Gasteiger partial charge in [-0.1, -0.05) is 89.8 Å². The Kier molecular flexibility index (Phi) is 11.0. The minimum absolute atomic E-state index is 0.113. The molecule has 12 heteroatoms. The van der Waals surface area contributed by atoms with Crippen molar-refractivity contribution in [3.05, 3.63) is 140 Å². The van der Waals surface area contributed by atoms with E-state index in [2.05, 4.69) is 58.7 Å². The number of carbonyl (C=O) groups excluding carboxylic acids is 2. The minimum atomic E-state index is -1.82. The zero-order valence-corrected chi connectivity index (χ0v) is 29.7. The Balaban J connectivity index is 1.31. The lowest BCUT2D eigenvalue weighted by molar-refractivity contribution is 0.0926. The summed E-state index contributed by atoms with van der Waals surface area (Å²) in [5.41, 5.74) is 8.46. The number of hydrogen-bond acceptors (Lipinski definition) is 9.